The zero-order valence-electron chi connectivity index (χ0n) is 14.4. The van der Waals surface area contributed by atoms with Crippen LogP contribution in [0.3, 0.4) is 0 Å². The fourth-order valence-corrected chi connectivity index (χ4v) is 2.45. The Kier molecular flexibility index (Phi) is 7.06. The van der Waals surface area contributed by atoms with Crippen LogP contribution in [-0.4, -0.2) is 44.3 Å². The number of hydrogen-bond acceptors (Lipinski definition) is 5. The van der Waals surface area contributed by atoms with Gasteiger partial charge >= 0.3 is 5.97 Å². The first-order valence-corrected chi connectivity index (χ1v) is 8.53. The van der Waals surface area contributed by atoms with Gasteiger partial charge in [0.1, 0.15) is 0 Å². The Balaban J connectivity index is 1.83. The summed E-state index contributed by atoms with van der Waals surface area (Å²) >= 11 is 0. The smallest absolute Gasteiger partial charge is 0.306 e. The van der Waals surface area contributed by atoms with Gasteiger partial charge in [-0.2, -0.15) is 0 Å². The fraction of sp³-hybridized carbons (Fsp3) is 0.556. The molecule has 1 aliphatic rings. The number of morpholine rings is 1. The van der Waals surface area contributed by atoms with E-state index >= 15 is 0 Å². The summed E-state index contributed by atoms with van der Waals surface area (Å²) < 4.78 is 10.5. The van der Waals surface area contributed by atoms with E-state index < -0.39 is 6.10 Å². The minimum absolute atomic E-state index is 0.320. The van der Waals surface area contributed by atoms with E-state index in [0.717, 1.165) is 44.8 Å². The van der Waals surface area contributed by atoms with Crippen LogP contribution in [0.25, 0.3) is 0 Å². The topological polar surface area (TPSA) is 67.9 Å². The van der Waals surface area contributed by atoms with Gasteiger partial charge in [0.05, 0.1) is 13.2 Å². The highest BCUT2D eigenvalue weighted by molar-refractivity contribution is 5.95. The van der Waals surface area contributed by atoms with Crippen molar-refractivity contribution in [2.75, 3.05) is 36.5 Å². The van der Waals surface area contributed by atoms with E-state index in [1.54, 1.807) is 6.92 Å². The number of carbonyl (C=O) groups is 2. The minimum Gasteiger partial charge on any atom is -0.453 e. The quantitative estimate of drug-likeness (QED) is 0.776. The number of benzene rings is 1. The molecule has 132 valence electrons. The van der Waals surface area contributed by atoms with Gasteiger partial charge in [0.2, 0.25) is 0 Å². The molecular weight excluding hydrogens is 308 g/mol. The standard InChI is InChI=1S/C18H26N2O4/c1-3-4-5-17(21)24-14(2)18(22)19-15-6-8-16(9-7-15)20-10-12-23-13-11-20/h6-9,14H,3-5,10-13H2,1-2H3,(H,19,22)/t14-/m0/s1. The second kappa shape index (κ2) is 9.27. The maximum absolute atomic E-state index is 12.1. The zero-order valence-corrected chi connectivity index (χ0v) is 14.4. The van der Waals surface area contributed by atoms with Gasteiger partial charge in [-0.15, -0.1) is 0 Å². The number of ether oxygens (including phenoxy) is 2. The van der Waals surface area contributed by atoms with Gasteiger partial charge in [-0.3, -0.25) is 9.59 Å². The summed E-state index contributed by atoms with van der Waals surface area (Å²) in [4.78, 5) is 25.9. The summed E-state index contributed by atoms with van der Waals surface area (Å²) in [6.45, 7) is 6.80. The lowest BCUT2D eigenvalue weighted by Gasteiger charge is -2.28. The average molecular weight is 334 g/mol. The Bertz CT molecular complexity index is 538. The van der Waals surface area contributed by atoms with Crippen LogP contribution in [-0.2, 0) is 19.1 Å². The molecule has 24 heavy (non-hydrogen) atoms. The number of nitrogens with one attached hydrogen (secondary N) is 1. The van der Waals surface area contributed by atoms with Crippen molar-refractivity contribution in [3.63, 3.8) is 0 Å². The number of amides is 1. The highest BCUT2D eigenvalue weighted by Gasteiger charge is 2.18. The molecule has 1 heterocycles. The van der Waals surface area contributed by atoms with E-state index in [0.29, 0.717) is 12.1 Å². The van der Waals surface area contributed by atoms with Gasteiger partial charge in [0.15, 0.2) is 6.10 Å². The molecule has 0 unspecified atom stereocenters. The van der Waals surface area contributed by atoms with Gasteiger partial charge in [0, 0.05) is 30.9 Å². The van der Waals surface area contributed by atoms with Crippen molar-refractivity contribution in [3.05, 3.63) is 24.3 Å². The molecule has 2 rings (SSSR count). The van der Waals surface area contributed by atoms with Crippen molar-refractivity contribution in [3.8, 4) is 0 Å². The van der Waals surface area contributed by atoms with Gasteiger partial charge in [-0.1, -0.05) is 13.3 Å². The van der Waals surface area contributed by atoms with Crippen molar-refractivity contribution in [2.24, 2.45) is 0 Å². The van der Waals surface area contributed by atoms with Gasteiger partial charge < -0.3 is 19.7 Å². The summed E-state index contributed by atoms with van der Waals surface area (Å²) in [5, 5.41) is 2.77. The third-order valence-corrected chi connectivity index (χ3v) is 3.92. The number of rotatable bonds is 7. The average Bonchev–Trinajstić information content (AvgIpc) is 2.61. The summed E-state index contributed by atoms with van der Waals surface area (Å²) in [6, 6.07) is 7.65. The van der Waals surface area contributed by atoms with Gasteiger partial charge in [-0.25, -0.2) is 0 Å². The van der Waals surface area contributed by atoms with Gasteiger partial charge in [-0.05, 0) is 37.6 Å². The van der Waals surface area contributed by atoms with Crippen LogP contribution in [0, 0.1) is 0 Å². The van der Waals surface area contributed by atoms with Crippen LogP contribution in [0.15, 0.2) is 24.3 Å². The number of esters is 1. The number of nitrogens with zero attached hydrogens (tertiary/aromatic N) is 1. The van der Waals surface area contributed by atoms with E-state index in [2.05, 4.69) is 10.2 Å². The molecule has 0 radical (unpaired) electrons. The molecule has 0 aromatic heterocycles. The third kappa shape index (κ3) is 5.53. The highest BCUT2D eigenvalue weighted by atomic mass is 16.5. The molecule has 1 fully saturated rings. The third-order valence-electron chi connectivity index (χ3n) is 3.92. The monoisotopic (exact) mass is 334 g/mol. The van der Waals surface area contributed by atoms with Gasteiger partial charge in [0.25, 0.3) is 5.91 Å². The number of hydrogen-bond donors (Lipinski definition) is 1. The maximum atomic E-state index is 12.1. The molecule has 0 bridgehead atoms. The Morgan fingerprint density at radius 2 is 1.92 bits per heavy atom. The Labute approximate surface area is 143 Å². The van der Waals surface area contributed by atoms with Crippen LogP contribution in [0.4, 0.5) is 11.4 Å². The predicted molar refractivity (Wildman–Crippen MR) is 93.2 cm³/mol. The van der Waals surface area contributed by atoms with Crippen molar-refractivity contribution in [1.82, 2.24) is 0 Å². The van der Waals surface area contributed by atoms with Crippen molar-refractivity contribution < 1.29 is 19.1 Å². The lowest BCUT2D eigenvalue weighted by molar-refractivity contribution is -0.153. The Hall–Kier alpha value is -2.08. The summed E-state index contributed by atoms with van der Waals surface area (Å²) in [7, 11) is 0. The summed E-state index contributed by atoms with van der Waals surface area (Å²) in [6.07, 6.45) is 1.25. The normalized spacial score (nSPS) is 15.7. The summed E-state index contributed by atoms with van der Waals surface area (Å²) in [5.41, 5.74) is 1.80. The van der Waals surface area contributed by atoms with Crippen LogP contribution in [0.2, 0.25) is 0 Å². The van der Waals surface area contributed by atoms with Crippen LogP contribution >= 0.6 is 0 Å². The lowest BCUT2D eigenvalue weighted by Crippen LogP contribution is -2.36. The largest absolute Gasteiger partial charge is 0.453 e. The first kappa shape index (κ1) is 18.3. The Morgan fingerprint density at radius 3 is 2.54 bits per heavy atom. The Morgan fingerprint density at radius 1 is 1.25 bits per heavy atom. The number of anilines is 2. The molecule has 1 N–H and O–H groups in total. The number of carbonyl (C=O) groups excluding carboxylic acids is 2. The molecule has 1 aromatic carbocycles. The second-order valence-electron chi connectivity index (χ2n) is 5.87. The maximum Gasteiger partial charge on any atom is 0.306 e. The molecule has 0 saturated carbocycles. The van der Waals surface area contributed by atoms with E-state index in [-0.39, 0.29) is 11.9 Å². The molecular formula is C18H26N2O4. The molecule has 6 heteroatoms. The van der Waals surface area contributed by atoms with Crippen molar-refractivity contribution in [1.29, 1.82) is 0 Å². The second-order valence-corrected chi connectivity index (χ2v) is 5.87. The first-order chi connectivity index (χ1) is 11.6. The summed E-state index contributed by atoms with van der Waals surface area (Å²) in [5.74, 6) is -0.652. The van der Waals surface area contributed by atoms with Crippen LogP contribution in [0.1, 0.15) is 33.1 Å². The van der Waals surface area contributed by atoms with E-state index in [1.807, 2.05) is 31.2 Å². The molecule has 6 nitrogen and oxygen atoms in total. The molecule has 1 saturated heterocycles. The van der Waals surface area contributed by atoms with E-state index in [9.17, 15) is 9.59 Å². The van der Waals surface area contributed by atoms with E-state index in [4.69, 9.17) is 9.47 Å². The van der Waals surface area contributed by atoms with Crippen molar-refractivity contribution >= 4 is 23.3 Å². The molecule has 0 spiro atoms. The first-order valence-electron chi connectivity index (χ1n) is 8.53. The predicted octanol–water partition coefficient (Wildman–Crippen LogP) is 2.58. The molecule has 0 aliphatic carbocycles. The number of unbranched alkanes of at least 4 members (excludes halogenated alkanes) is 1. The molecule has 1 aliphatic heterocycles. The van der Waals surface area contributed by atoms with Crippen LogP contribution in [0.5, 0.6) is 0 Å². The SMILES string of the molecule is CCCCC(=O)O[C@@H](C)C(=O)Nc1ccc(N2CCOCC2)cc1. The minimum atomic E-state index is -0.798. The molecule has 1 amide bonds. The highest BCUT2D eigenvalue weighted by Crippen LogP contribution is 2.19. The molecule has 1 atom stereocenters. The zero-order chi connectivity index (χ0) is 17.4. The molecule has 1 aromatic rings. The fourth-order valence-electron chi connectivity index (χ4n) is 2.45. The van der Waals surface area contributed by atoms with Crippen molar-refractivity contribution in [2.45, 2.75) is 39.2 Å². The van der Waals surface area contributed by atoms with E-state index in [1.165, 1.54) is 0 Å². The lowest BCUT2D eigenvalue weighted by atomic mass is 10.2. The van der Waals surface area contributed by atoms with Crippen LogP contribution < -0.4 is 10.2 Å².